The molecule has 11 rings (SSSR count). The van der Waals surface area contributed by atoms with Crippen LogP contribution in [-0.4, -0.2) is 0 Å². The molecule has 3 heterocycles. The normalized spacial score (nSPS) is 12.0. The fourth-order valence-electron chi connectivity index (χ4n) is 7.64. The smallest absolute Gasteiger partial charge is 0.0476 e. The average molecular weight is 690 g/mol. The van der Waals surface area contributed by atoms with Crippen LogP contribution < -0.4 is 4.90 Å². The first kappa shape index (κ1) is 28.3. The fourth-order valence-corrected chi connectivity index (χ4v) is 11.1. The van der Waals surface area contributed by atoms with Crippen molar-refractivity contribution >= 4 is 122 Å². The average Bonchev–Trinajstić information content (AvgIpc) is 3.86. The summed E-state index contributed by atoms with van der Waals surface area (Å²) < 4.78 is 7.96. The van der Waals surface area contributed by atoms with E-state index in [4.69, 9.17) is 0 Å². The maximum atomic E-state index is 2.42. The van der Waals surface area contributed by atoms with Gasteiger partial charge in [0.2, 0.25) is 0 Å². The van der Waals surface area contributed by atoms with E-state index < -0.39 is 0 Å². The molecule has 0 atom stereocenters. The molecule has 0 saturated carbocycles. The Morgan fingerprint density at radius 1 is 0.300 bits per heavy atom. The lowest BCUT2D eigenvalue weighted by Gasteiger charge is -2.26. The van der Waals surface area contributed by atoms with E-state index in [0.717, 1.165) is 17.1 Å². The zero-order valence-electron chi connectivity index (χ0n) is 26.8. The Hall–Kier alpha value is -5.52. The van der Waals surface area contributed by atoms with Gasteiger partial charge in [-0.3, -0.25) is 0 Å². The van der Waals surface area contributed by atoms with Crippen LogP contribution in [0.2, 0.25) is 0 Å². The third-order valence-corrected chi connectivity index (χ3v) is 13.5. The number of anilines is 3. The van der Waals surface area contributed by atoms with Gasteiger partial charge in [-0.05, 0) is 82.6 Å². The van der Waals surface area contributed by atoms with Crippen molar-refractivity contribution in [2.24, 2.45) is 0 Å². The number of nitrogens with zero attached hydrogens (tertiary/aromatic N) is 1. The Kier molecular flexibility index (Phi) is 6.23. The zero-order chi connectivity index (χ0) is 32.8. The van der Waals surface area contributed by atoms with E-state index in [2.05, 4.69) is 169 Å². The number of fused-ring (bicyclic) bond motifs is 11. The van der Waals surface area contributed by atoms with Crippen LogP contribution in [0, 0.1) is 0 Å². The molecule has 0 aliphatic carbocycles. The van der Waals surface area contributed by atoms with Crippen molar-refractivity contribution in [3.63, 3.8) is 0 Å². The maximum Gasteiger partial charge on any atom is 0.0476 e. The van der Waals surface area contributed by atoms with Crippen molar-refractivity contribution in [2.75, 3.05) is 4.90 Å². The second kappa shape index (κ2) is 11.0. The first-order valence-electron chi connectivity index (χ1n) is 16.8. The van der Waals surface area contributed by atoms with Crippen molar-refractivity contribution in [1.29, 1.82) is 0 Å². The van der Waals surface area contributed by atoms with E-state index in [-0.39, 0.29) is 0 Å². The van der Waals surface area contributed by atoms with Gasteiger partial charge in [0.25, 0.3) is 0 Å². The van der Waals surface area contributed by atoms with Gasteiger partial charge in [0.1, 0.15) is 0 Å². The third-order valence-electron chi connectivity index (χ3n) is 10.1. The van der Waals surface area contributed by atoms with Crippen molar-refractivity contribution in [1.82, 2.24) is 0 Å². The monoisotopic (exact) mass is 689 g/mol. The molecule has 0 bridgehead atoms. The summed E-state index contributed by atoms with van der Waals surface area (Å²) in [4.78, 5) is 2.42. The highest BCUT2D eigenvalue weighted by molar-refractivity contribution is 7.27. The standard InChI is InChI=1S/C46H27NS3/c1-2-8-34-29(7-1)15-22-39-38-21-16-30(25-44(38)50-46(34)39)28-13-17-31(18-14-28)47(32-20-24-43-40(26-32)36-10-4-6-12-42(36)48-43)33-19-23-37-35-9-3-5-11-41(35)49-45(37)27-33/h1-27H. The van der Waals surface area contributed by atoms with E-state index in [1.54, 1.807) is 0 Å². The summed E-state index contributed by atoms with van der Waals surface area (Å²) in [7, 11) is 0. The lowest BCUT2D eigenvalue weighted by Crippen LogP contribution is -2.09. The van der Waals surface area contributed by atoms with Crippen molar-refractivity contribution in [3.05, 3.63) is 164 Å². The van der Waals surface area contributed by atoms with E-state index in [1.165, 1.54) is 82.4 Å². The first-order chi connectivity index (χ1) is 24.7. The molecule has 0 amide bonds. The molecule has 0 saturated heterocycles. The predicted molar refractivity (Wildman–Crippen MR) is 223 cm³/mol. The second-order valence-corrected chi connectivity index (χ2v) is 16.1. The molecular weight excluding hydrogens is 663 g/mol. The Morgan fingerprint density at radius 2 is 0.840 bits per heavy atom. The summed E-state index contributed by atoms with van der Waals surface area (Å²) in [5, 5.41) is 10.6. The molecule has 0 aliphatic heterocycles. The number of thiophene rings is 3. The lowest BCUT2D eigenvalue weighted by molar-refractivity contribution is 1.30. The van der Waals surface area contributed by atoms with Crippen LogP contribution in [0.3, 0.4) is 0 Å². The van der Waals surface area contributed by atoms with Crippen molar-refractivity contribution < 1.29 is 0 Å². The summed E-state index contributed by atoms with van der Waals surface area (Å²) >= 11 is 5.63. The minimum absolute atomic E-state index is 1.14. The minimum Gasteiger partial charge on any atom is -0.310 e. The number of hydrogen-bond donors (Lipinski definition) is 0. The lowest BCUT2D eigenvalue weighted by atomic mass is 10.0. The molecule has 234 valence electrons. The zero-order valence-corrected chi connectivity index (χ0v) is 29.2. The van der Waals surface area contributed by atoms with Crippen molar-refractivity contribution in [3.8, 4) is 11.1 Å². The van der Waals surface area contributed by atoms with Gasteiger partial charge in [-0.25, -0.2) is 0 Å². The van der Waals surface area contributed by atoms with E-state index >= 15 is 0 Å². The maximum absolute atomic E-state index is 2.42. The first-order valence-corrected chi connectivity index (χ1v) is 19.3. The summed E-state index contributed by atoms with van der Waals surface area (Å²) in [5.74, 6) is 0. The topological polar surface area (TPSA) is 3.24 Å². The molecule has 0 aliphatic rings. The largest absolute Gasteiger partial charge is 0.310 e. The van der Waals surface area contributed by atoms with Crippen LogP contribution in [0.1, 0.15) is 0 Å². The highest BCUT2D eigenvalue weighted by atomic mass is 32.1. The molecule has 1 nitrogen and oxygen atoms in total. The summed E-state index contributed by atoms with van der Waals surface area (Å²) in [6.07, 6.45) is 0. The molecule has 50 heavy (non-hydrogen) atoms. The Balaban J connectivity index is 1.04. The van der Waals surface area contributed by atoms with Crippen LogP contribution in [0.15, 0.2) is 164 Å². The van der Waals surface area contributed by atoms with Gasteiger partial charge in [-0.15, -0.1) is 34.0 Å². The number of benzene rings is 8. The predicted octanol–water partition coefficient (Wildman–Crippen LogP) is 15.1. The summed E-state index contributed by atoms with van der Waals surface area (Å²) in [5.41, 5.74) is 5.92. The SMILES string of the molecule is c1ccc2c(c1)ccc1c3ccc(-c4ccc(N(c5ccc6c(c5)sc5ccccc56)c5ccc6sc7ccccc7c6c5)cc4)cc3sc21. The number of rotatable bonds is 4. The highest BCUT2D eigenvalue weighted by Gasteiger charge is 2.17. The van der Waals surface area contributed by atoms with Crippen LogP contribution >= 0.6 is 34.0 Å². The van der Waals surface area contributed by atoms with Gasteiger partial charge >= 0.3 is 0 Å². The summed E-state index contributed by atoms with van der Waals surface area (Å²) in [6.45, 7) is 0. The number of hydrogen-bond acceptors (Lipinski definition) is 4. The van der Waals surface area contributed by atoms with Gasteiger partial charge in [0.15, 0.2) is 0 Å². The van der Waals surface area contributed by atoms with Gasteiger partial charge in [0, 0.05) is 77.6 Å². The Bertz CT molecular complexity index is 3110. The van der Waals surface area contributed by atoms with E-state index in [9.17, 15) is 0 Å². The molecule has 8 aromatic carbocycles. The van der Waals surface area contributed by atoms with Crippen LogP contribution in [0.25, 0.3) is 82.4 Å². The molecule has 3 aromatic heterocycles. The summed E-state index contributed by atoms with van der Waals surface area (Å²) in [6, 6.07) is 60.7. The van der Waals surface area contributed by atoms with Gasteiger partial charge < -0.3 is 4.90 Å². The van der Waals surface area contributed by atoms with Crippen LogP contribution in [0.5, 0.6) is 0 Å². The molecule has 11 aromatic rings. The molecule has 0 spiro atoms. The van der Waals surface area contributed by atoms with Gasteiger partial charge in [-0.2, -0.15) is 0 Å². The third kappa shape index (κ3) is 4.36. The Morgan fingerprint density at radius 3 is 1.68 bits per heavy atom. The Labute approximate surface area is 300 Å². The highest BCUT2D eigenvalue weighted by Crippen LogP contribution is 2.44. The second-order valence-electron chi connectivity index (χ2n) is 12.9. The van der Waals surface area contributed by atoms with Crippen molar-refractivity contribution in [2.45, 2.75) is 0 Å². The molecule has 0 fully saturated rings. The quantitative estimate of drug-likeness (QED) is 0.178. The van der Waals surface area contributed by atoms with Gasteiger partial charge in [-0.1, -0.05) is 103 Å². The molecule has 0 unspecified atom stereocenters. The molecular formula is C46H27NS3. The minimum atomic E-state index is 1.14. The fraction of sp³-hybridized carbons (Fsp3) is 0. The van der Waals surface area contributed by atoms with E-state index in [1.807, 2.05) is 34.0 Å². The van der Waals surface area contributed by atoms with Gasteiger partial charge in [0.05, 0.1) is 0 Å². The molecule has 0 radical (unpaired) electrons. The van der Waals surface area contributed by atoms with Crippen LogP contribution in [-0.2, 0) is 0 Å². The van der Waals surface area contributed by atoms with Crippen LogP contribution in [0.4, 0.5) is 17.1 Å². The molecule has 4 heteroatoms. The van der Waals surface area contributed by atoms with E-state index in [0.29, 0.717) is 0 Å². The molecule has 0 N–H and O–H groups in total.